The summed E-state index contributed by atoms with van der Waals surface area (Å²) in [6.45, 7) is 0. The molecule has 0 amide bonds. The molecule has 0 aromatic heterocycles. The normalized spacial score (nSPS) is 42.6. The maximum absolute atomic E-state index is 10.3. The Balaban J connectivity index is 2.59. The lowest BCUT2D eigenvalue weighted by Gasteiger charge is -2.32. The summed E-state index contributed by atoms with van der Waals surface area (Å²) < 4.78 is 4.48. The highest BCUT2D eigenvalue weighted by atomic mass is 16.6. The zero-order chi connectivity index (χ0) is 9.30. The number of aliphatic carboxylic acids is 1. The van der Waals surface area contributed by atoms with E-state index in [0.29, 0.717) is 0 Å². The van der Waals surface area contributed by atoms with E-state index in [1.165, 1.54) is 0 Å². The van der Waals surface area contributed by atoms with Crippen LogP contribution < -0.4 is 0 Å². The van der Waals surface area contributed by atoms with Crippen LogP contribution in [-0.2, 0) is 9.53 Å². The zero-order valence-electron chi connectivity index (χ0n) is 6.12. The quantitative estimate of drug-likeness (QED) is 0.366. The first-order valence-electron chi connectivity index (χ1n) is 3.45. The van der Waals surface area contributed by atoms with Crippen LogP contribution >= 0.6 is 0 Å². The Labute approximate surface area is 68.0 Å². The highest BCUT2D eigenvalue weighted by molar-refractivity contribution is 5.72. The first kappa shape index (κ1) is 9.40. The third-order valence-corrected chi connectivity index (χ3v) is 1.72. The first-order chi connectivity index (χ1) is 5.52. The van der Waals surface area contributed by atoms with Crippen LogP contribution in [-0.4, -0.2) is 51.0 Å². The molecule has 0 aromatic carbocycles. The molecule has 0 unspecified atom stereocenters. The Kier molecular flexibility index (Phi) is 2.63. The summed E-state index contributed by atoms with van der Waals surface area (Å²) in [5.41, 5.74) is 0. The van der Waals surface area contributed by atoms with E-state index in [9.17, 15) is 4.79 Å². The lowest BCUT2D eigenvalue weighted by Crippen LogP contribution is -2.50. The summed E-state index contributed by atoms with van der Waals surface area (Å²) in [6.07, 6.45) is -5.78. The van der Waals surface area contributed by atoms with Crippen LogP contribution in [0.4, 0.5) is 0 Å². The van der Waals surface area contributed by atoms with Gasteiger partial charge in [-0.15, -0.1) is 0 Å². The van der Waals surface area contributed by atoms with Gasteiger partial charge >= 0.3 is 5.97 Å². The van der Waals surface area contributed by atoms with E-state index in [2.05, 4.69) is 4.74 Å². The number of hydrogen-bond donors (Lipinski definition) is 4. The first-order valence-corrected chi connectivity index (χ1v) is 3.45. The van der Waals surface area contributed by atoms with Gasteiger partial charge in [0.25, 0.3) is 0 Å². The number of rotatable bonds is 1. The maximum atomic E-state index is 10.3. The molecule has 1 aliphatic heterocycles. The molecule has 0 radical (unpaired) electrons. The topological polar surface area (TPSA) is 107 Å². The molecular weight excluding hydrogens is 168 g/mol. The van der Waals surface area contributed by atoms with Crippen molar-refractivity contribution in [2.45, 2.75) is 31.0 Å². The molecule has 6 heteroatoms. The van der Waals surface area contributed by atoms with Crippen molar-refractivity contribution < 1.29 is 30.0 Å². The number of hydrogen-bond acceptors (Lipinski definition) is 5. The molecule has 1 saturated heterocycles. The monoisotopic (exact) mass is 178 g/mol. The van der Waals surface area contributed by atoms with Gasteiger partial charge in [-0.05, 0) is 0 Å². The molecule has 0 bridgehead atoms. The van der Waals surface area contributed by atoms with Gasteiger partial charge in [0.05, 0.1) is 6.10 Å². The summed E-state index contributed by atoms with van der Waals surface area (Å²) in [7, 11) is 0. The predicted octanol–water partition coefficient (Wildman–Crippen LogP) is -2.10. The number of carbonyl (C=O) groups is 1. The molecular formula is C6H10O6. The molecule has 0 aromatic rings. The van der Waals surface area contributed by atoms with Crippen molar-refractivity contribution in [1.82, 2.24) is 0 Å². The Bertz CT molecular complexity index is 169. The molecule has 12 heavy (non-hydrogen) atoms. The molecule has 70 valence electrons. The lowest BCUT2D eigenvalue weighted by molar-refractivity contribution is -0.248. The summed E-state index contributed by atoms with van der Waals surface area (Å²) in [5, 5.41) is 35.2. The van der Waals surface area contributed by atoms with Gasteiger partial charge in [-0.25, -0.2) is 4.79 Å². The van der Waals surface area contributed by atoms with Crippen LogP contribution in [0.25, 0.3) is 0 Å². The van der Waals surface area contributed by atoms with Gasteiger partial charge in [0, 0.05) is 6.42 Å². The van der Waals surface area contributed by atoms with Crippen LogP contribution in [0.15, 0.2) is 0 Å². The lowest BCUT2D eigenvalue weighted by atomic mass is 10.0. The Hall–Kier alpha value is -0.690. The highest BCUT2D eigenvalue weighted by Gasteiger charge is 2.38. The minimum absolute atomic E-state index is 0.215. The van der Waals surface area contributed by atoms with E-state index in [-0.39, 0.29) is 6.42 Å². The van der Waals surface area contributed by atoms with Crippen LogP contribution in [0.2, 0.25) is 0 Å². The number of carboxylic acids is 1. The Morgan fingerprint density at radius 3 is 2.33 bits per heavy atom. The SMILES string of the molecule is O=C(O)[C@H]1C[C@H](O)[C@H](O)[C@H](O)O1. The molecule has 0 saturated carbocycles. The third kappa shape index (κ3) is 1.72. The fourth-order valence-electron chi connectivity index (χ4n) is 1.01. The molecule has 1 aliphatic rings. The zero-order valence-corrected chi connectivity index (χ0v) is 6.12. The average Bonchev–Trinajstić information content (AvgIpc) is 1.99. The largest absolute Gasteiger partial charge is 0.479 e. The molecule has 1 fully saturated rings. The second kappa shape index (κ2) is 3.36. The number of carboxylic acid groups (broad SMARTS) is 1. The number of ether oxygens (including phenoxy) is 1. The highest BCUT2D eigenvalue weighted by Crippen LogP contribution is 2.18. The van der Waals surface area contributed by atoms with Crippen molar-refractivity contribution in [3.8, 4) is 0 Å². The third-order valence-electron chi connectivity index (χ3n) is 1.72. The summed E-state index contributed by atoms with van der Waals surface area (Å²) in [5.74, 6) is -1.26. The van der Waals surface area contributed by atoms with E-state index in [4.69, 9.17) is 20.4 Å². The van der Waals surface area contributed by atoms with Crippen LogP contribution in [0.3, 0.4) is 0 Å². The van der Waals surface area contributed by atoms with Gasteiger partial charge in [0.2, 0.25) is 0 Å². The number of aliphatic hydroxyl groups excluding tert-OH is 3. The van der Waals surface area contributed by atoms with E-state index in [0.717, 1.165) is 0 Å². The van der Waals surface area contributed by atoms with Gasteiger partial charge in [-0.2, -0.15) is 0 Å². The van der Waals surface area contributed by atoms with E-state index >= 15 is 0 Å². The fourth-order valence-corrected chi connectivity index (χ4v) is 1.01. The second-order valence-corrected chi connectivity index (χ2v) is 2.65. The van der Waals surface area contributed by atoms with Crippen LogP contribution in [0.5, 0.6) is 0 Å². The van der Waals surface area contributed by atoms with Gasteiger partial charge < -0.3 is 25.2 Å². The number of aliphatic hydroxyl groups is 3. The van der Waals surface area contributed by atoms with Gasteiger partial charge in [0.1, 0.15) is 6.10 Å². The van der Waals surface area contributed by atoms with Crippen molar-refractivity contribution >= 4 is 5.97 Å². The van der Waals surface area contributed by atoms with Gasteiger partial charge in [0.15, 0.2) is 12.4 Å². The van der Waals surface area contributed by atoms with Crippen LogP contribution in [0, 0.1) is 0 Å². The minimum Gasteiger partial charge on any atom is -0.479 e. The Morgan fingerprint density at radius 1 is 1.33 bits per heavy atom. The van der Waals surface area contributed by atoms with Crippen molar-refractivity contribution in [3.05, 3.63) is 0 Å². The molecule has 0 spiro atoms. The molecule has 4 N–H and O–H groups in total. The molecule has 0 aliphatic carbocycles. The molecule has 4 atom stereocenters. The van der Waals surface area contributed by atoms with E-state index < -0.39 is 30.6 Å². The van der Waals surface area contributed by atoms with Crippen molar-refractivity contribution in [2.24, 2.45) is 0 Å². The molecule has 1 rings (SSSR count). The molecule has 1 heterocycles. The van der Waals surface area contributed by atoms with Gasteiger partial charge in [-0.3, -0.25) is 0 Å². The smallest absolute Gasteiger partial charge is 0.333 e. The van der Waals surface area contributed by atoms with E-state index in [1.54, 1.807) is 0 Å². The predicted molar refractivity (Wildman–Crippen MR) is 35.1 cm³/mol. The summed E-state index contributed by atoms with van der Waals surface area (Å²) in [4.78, 5) is 10.3. The summed E-state index contributed by atoms with van der Waals surface area (Å²) in [6, 6.07) is 0. The van der Waals surface area contributed by atoms with Gasteiger partial charge in [-0.1, -0.05) is 0 Å². The standard InChI is InChI=1S/C6H10O6/c7-2-1-3(5(9)10)12-6(11)4(2)8/h2-4,6-8,11H,1H2,(H,9,10)/t2-,3+,4-,6+/m0/s1. The average molecular weight is 178 g/mol. The van der Waals surface area contributed by atoms with Crippen molar-refractivity contribution in [2.75, 3.05) is 0 Å². The molecule has 6 nitrogen and oxygen atoms in total. The van der Waals surface area contributed by atoms with Crippen molar-refractivity contribution in [1.29, 1.82) is 0 Å². The summed E-state index contributed by atoms with van der Waals surface area (Å²) >= 11 is 0. The van der Waals surface area contributed by atoms with Crippen LogP contribution in [0.1, 0.15) is 6.42 Å². The van der Waals surface area contributed by atoms with Crippen molar-refractivity contribution in [3.63, 3.8) is 0 Å². The fraction of sp³-hybridized carbons (Fsp3) is 0.833. The minimum atomic E-state index is -1.63. The van der Waals surface area contributed by atoms with E-state index in [1.807, 2.05) is 0 Å². The second-order valence-electron chi connectivity index (χ2n) is 2.65. The maximum Gasteiger partial charge on any atom is 0.333 e. The Morgan fingerprint density at radius 2 is 1.92 bits per heavy atom.